The number of nitrogens with zero attached hydrogens (tertiary/aromatic N) is 3. The van der Waals surface area contributed by atoms with Gasteiger partial charge in [0.15, 0.2) is 0 Å². The SMILES string of the molecule is CN(C)C(CNC(=O)c1cc(S(=O)(=O)N(C)C)ccc1N1CCCC1)c1cccc(F)c1. The van der Waals surface area contributed by atoms with E-state index in [-0.39, 0.29) is 29.2 Å². The highest BCUT2D eigenvalue weighted by Crippen LogP contribution is 2.28. The van der Waals surface area contributed by atoms with E-state index in [1.54, 1.807) is 18.2 Å². The van der Waals surface area contributed by atoms with E-state index in [1.807, 2.05) is 25.1 Å². The molecule has 0 spiro atoms. The number of benzene rings is 2. The Morgan fingerprint density at radius 3 is 2.38 bits per heavy atom. The normalized spacial score (nSPS) is 15.4. The highest BCUT2D eigenvalue weighted by atomic mass is 32.2. The third kappa shape index (κ3) is 5.28. The quantitative estimate of drug-likeness (QED) is 0.653. The molecule has 1 saturated heterocycles. The Labute approximate surface area is 189 Å². The molecule has 2 aromatic carbocycles. The van der Waals surface area contributed by atoms with Crippen LogP contribution in [0.5, 0.6) is 0 Å². The molecule has 1 amide bonds. The molecule has 0 saturated carbocycles. The average Bonchev–Trinajstić information content (AvgIpc) is 3.27. The lowest BCUT2D eigenvalue weighted by Crippen LogP contribution is -2.35. The second-order valence-corrected chi connectivity index (χ2v) is 10.6. The number of anilines is 1. The van der Waals surface area contributed by atoms with Gasteiger partial charge in [-0.05, 0) is 62.8 Å². The molecule has 1 aliphatic heterocycles. The van der Waals surface area contributed by atoms with Gasteiger partial charge in [0.2, 0.25) is 10.0 Å². The number of carbonyl (C=O) groups is 1. The lowest BCUT2D eigenvalue weighted by molar-refractivity contribution is 0.0942. The summed E-state index contributed by atoms with van der Waals surface area (Å²) >= 11 is 0. The van der Waals surface area contributed by atoms with Crippen molar-refractivity contribution < 1.29 is 17.6 Å². The number of halogens is 1. The summed E-state index contributed by atoms with van der Waals surface area (Å²) in [5, 5.41) is 2.93. The predicted molar refractivity (Wildman–Crippen MR) is 124 cm³/mol. The topological polar surface area (TPSA) is 73.0 Å². The van der Waals surface area contributed by atoms with Crippen molar-refractivity contribution >= 4 is 21.6 Å². The first kappa shape index (κ1) is 24.2. The minimum absolute atomic E-state index is 0.0740. The van der Waals surface area contributed by atoms with Crippen molar-refractivity contribution in [3.8, 4) is 0 Å². The van der Waals surface area contributed by atoms with E-state index in [4.69, 9.17) is 0 Å². The van der Waals surface area contributed by atoms with Gasteiger partial charge in [-0.1, -0.05) is 12.1 Å². The second-order valence-electron chi connectivity index (χ2n) is 8.40. The Balaban J connectivity index is 1.90. The van der Waals surface area contributed by atoms with Gasteiger partial charge >= 0.3 is 0 Å². The summed E-state index contributed by atoms with van der Waals surface area (Å²) in [6.45, 7) is 1.90. The smallest absolute Gasteiger partial charge is 0.253 e. The number of hydrogen-bond acceptors (Lipinski definition) is 5. The van der Waals surface area contributed by atoms with Crippen LogP contribution in [0.15, 0.2) is 47.4 Å². The average molecular weight is 463 g/mol. The molecule has 1 heterocycles. The zero-order valence-electron chi connectivity index (χ0n) is 19.0. The predicted octanol–water partition coefficient (Wildman–Crippen LogP) is 2.71. The Morgan fingerprint density at radius 2 is 1.78 bits per heavy atom. The molecule has 1 aliphatic rings. The Kier molecular flexibility index (Phi) is 7.53. The molecular formula is C23H31FN4O3S. The number of sulfonamides is 1. The van der Waals surface area contributed by atoms with E-state index in [0.717, 1.165) is 41.5 Å². The zero-order chi connectivity index (χ0) is 23.5. The van der Waals surface area contributed by atoms with Crippen LogP contribution in [0.1, 0.15) is 34.8 Å². The standard InChI is InChI=1S/C23H31FN4O3S/c1-26(2)22(17-8-7-9-18(24)14-17)16-25-23(29)20-15-19(32(30,31)27(3)4)10-11-21(20)28-12-5-6-13-28/h7-11,14-15,22H,5-6,12-13,16H2,1-4H3,(H,25,29). The lowest BCUT2D eigenvalue weighted by Gasteiger charge is -2.26. The first-order valence-electron chi connectivity index (χ1n) is 10.6. The van der Waals surface area contributed by atoms with Gasteiger partial charge in [-0.25, -0.2) is 17.1 Å². The van der Waals surface area contributed by atoms with Gasteiger partial charge in [0.25, 0.3) is 5.91 Å². The van der Waals surface area contributed by atoms with Gasteiger partial charge in [0.1, 0.15) is 5.82 Å². The molecule has 0 aromatic heterocycles. The van der Waals surface area contributed by atoms with Gasteiger partial charge in [0, 0.05) is 39.4 Å². The van der Waals surface area contributed by atoms with E-state index in [1.165, 1.54) is 32.3 Å². The Morgan fingerprint density at radius 1 is 1.09 bits per heavy atom. The monoisotopic (exact) mass is 462 g/mol. The minimum Gasteiger partial charge on any atom is -0.371 e. The van der Waals surface area contributed by atoms with Crippen LogP contribution in [-0.2, 0) is 10.0 Å². The Hall–Kier alpha value is -2.49. The fraction of sp³-hybridized carbons (Fsp3) is 0.435. The molecule has 1 atom stereocenters. The first-order valence-corrected chi connectivity index (χ1v) is 12.1. The van der Waals surface area contributed by atoms with E-state index in [0.29, 0.717) is 5.56 Å². The van der Waals surface area contributed by atoms with Gasteiger partial charge in [-0.2, -0.15) is 0 Å². The molecule has 7 nitrogen and oxygen atoms in total. The van der Waals surface area contributed by atoms with Crippen molar-refractivity contribution in [3.05, 3.63) is 59.4 Å². The van der Waals surface area contributed by atoms with Crippen molar-refractivity contribution in [2.24, 2.45) is 0 Å². The van der Waals surface area contributed by atoms with Gasteiger partial charge in [0.05, 0.1) is 16.5 Å². The van der Waals surface area contributed by atoms with Crippen LogP contribution in [0.25, 0.3) is 0 Å². The highest BCUT2D eigenvalue weighted by Gasteiger charge is 2.25. The van der Waals surface area contributed by atoms with Crippen LogP contribution in [0.2, 0.25) is 0 Å². The van der Waals surface area contributed by atoms with Crippen LogP contribution in [0.4, 0.5) is 10.1 Å². The minimum atomic E-state index is -3.68. The number of amides is 1. The molecule has 9 heteroatoms. The lowest BCUT2D eigenvalue weighted by atomic mass is 10.1. The first-order chi connectivity index (χ1) is 15.1. The maximum absolute atomic E-state index is 13.7. The molecule has 174 valence electrons. The summed E-state index contributed by atoms with van der Waals surface area (Å²) in [4.78, 5) is 17.3. The molecule has 0 radical (unpaired) electrons. The van der Waals surface area contributed by atoms with Crippen LogP contribution in [0, 0.1) is 5.82 Å². The maximum Gasteiger partial charge on any atom is 0.253 e. The molecule has 32 heavy (non-hydrogen) atoms. The fourth-order valence-corrected chi connectivity index (χ4v) is 4.83. The molecular weight excluding hydrogens is 431 g/mol. The molecule has 0 bridgehead atoms. The summed E-state index contributed by atoms with van der Waals surface area (Å²) < 4.78 is 40.2. The number of likely N-dealkylation sites (N-methyl/N-ethyl adjacent to an activating group) is 1. The number of carbonyl (C=O) groups excluding carboxylic acids is 1. The Bertz CT molecular complexity index is 1070. The molecule has 1 fully saturated rings. The number of nitrogens with one attached hydrogen (secondary N) is 1. The summed E-state index contributed by atoms with van der Waals surface area (Å²) in [6, 6.07) is 10.8. The summed E-state index contributed by atoms with van der Waals surface area (Å²) in [7, 11) is 2.97. The fourth-order valence-electron chi connectivity index (χ4n) is 3.90. The molecule has 2 aromatic rings. The number of rotatable bonds is 8. The zero-order valence-corrected chi connectivity index (χ0v) is 19.8. The van der Waals surface area contributed by atoms with E-state index >= 15 is 0 Å². The molecule has 1 N–H and O–H groups in total. The highest BCUT2D eigenvalue weighted by molar-refractivity contribution is 7.89. The van der Waals surface area contributed by atoms with Crippen LogP contribution in [-0.4, -0.2) is 71.4 Å². The molecule has 3 rings (SSSR count). The van der Waals surface area contributed by atoms with Crippen LogP contribution in [0.3, 0.4) is 0 Å². The maximum atomic E-state index is 13.7. The third-order valence-corrected chi connectivity index (χ3v) is 7.56. The second kappa shape index (κ2) is 9.97. The summed E-state index contributed by atoms with van der Waals surface area (Å²) in [5.41, 5.74) is 1.80. The van der Waals surface area contributed by atoms with E-state index in [2.05, 4.69) is 10.2 Å². The van der Waals surface area contributed by atoms with Crippen LogP contribution >= 0.6 is 0 Å². The van der Waals surface area contributed by atoms with Crippen molar-refractivity contribution in [3.63, 3.8) is 0 Å². The summed E-state index contributed by atoms with van der Waals surface area (Å²) in [6.07, 6.45) is 2.06. The van der Waals surface area contributed by atoms with Crippen molar-refractivity contribution in [2.75, 3.05) is 52.7 Å². The van der Waals surface area contributed by atoms with Crippen molar-refractivity contribution in [1.29, 1.82) is 0 Å². The van der Waals surface area contributed by atoms with Crippen molar-refractivity contribution in [2.45, 2.75) is 23.8 Å². The number of hydrogen-bond donors (Lipinski definition) is 1. The van der Waals surface area contributed by atoms with Gasteiger partial charge in [-0.15, -0.1) is 0 Å². The molecule has 1 unspecified atom stereocenters. The van der Waals surface area contributed by atoms with Crippen LogP contribution < -0.4 is 10.2 Å². The summed E-state index contributed by atoms with van der Waals surface area (Å²) in [5.74, 6) is -0.690. The van der Waals surface area contributed by atoms with E-state index < -0.39 is 10.0 Å². The molecule has 0 aliphatic carbocycles. The van der Waals surface area contributed by atoms with Gasteiger partial charge < -0.3 is 15.1 Å². The largest absolute Gasteiger partial charge is 0.371 e. The third-order valence-electron chi connectivity index (χ3n) is 5.75. The van der Waals surface area contributed by atoms with Gasteiger partial charge in [-0.3, -0.25) is 4.79 Å². The van der Waals surface area contributed by atoms with E-state index in [9.17, 15) is 17.6 Å². The van der Waals surface area contributed by atoms with Crippen molar-refractivity contribution in [1.82, 2.24) is 14.5 Å².